The van der Waals surface area contributed by atoms with E-state index in [1.807, 2.05) is 67.0 Å². The molecule has 7 N–H and O–H groups in total. The molecule has 2 fully saturated rings. The van der Waals surface area contributed by atoms with Crippen LogP contribution in [0.1, 0.15) is 51.1 Å². The summed E-state index contributed by atoms with van der Waals surface area (Å²) in [6, 6.07) is 33.3. The van der Waals surface area contributed by atoms with E-state index in [-0.39, 0.29) is 11.5 Å². The van der Waals surface area contributed by atoms with Crippen molar-refractivity contribution in [2.24, 2.45) is 0 Å². The van der Waals surface area contributed by atoms with Crippen LogP contribution in [0.5, 0.6) is 0 Å². The number of aromatic nitrogens is 12. The Bertz CT molecular complexity index is 3460. The third-order valence-corrected chi connectivity index (χ3v) is 14.1. The maximum absolute atomic E-state index is 13.1. The molecule has 6 aromatic heterocycles. The molecule has 0 spiro atoms. The van der Waals surface area contributed by atoms with Crippen LogP contribution in [0.15, 0.2) is 122 Å². The number of carbonyl (C=O) groups is 2. The van der Waals surface area contributed by atoms with Crippen LogP contribution in [-0.2, 0) is 13.1 Å². The highest BCUT2D eigenvalue weighted by Crippen LogP contribution is 2.35. The summed E-state index contributed by atoms with van der Waals surface area (Å²) in [4.78, 5) is 49.5. The van der Waals surface area contributed by atoms with Crippen molar-refractivity contribution in [3.8, 4) is 43.9 Å². The molecule has 20 nitrogen and oxygen atoms in total. The third-order valence-electron chi connectivity index (χ3n) is 12.1. The second-order valence-electron chi connectivity index (χ2n) is 17.3. The first-order valence-corrected chi connectivity index (χ1v) is 25.3. The number of hydrogen-bond donors (Lipinski definition) is 6. The number of likely N-dealkylation sites (tertiary alicyclic amines) is 1. The predicted molar refractivity (Wildman–Crippen MR) is 282 cm³/mol. The van der Waals surface area contributed by atoms with E-state index in [9.17, 15) is 9.59 Å². The van der Waals surface area contributed by atoms with Gasteiger partial charge >= 0.3 is 5.97 Å². The molecule has 8 heterocycles. The molecule has 10 aromatic rings. The summed E-state index contributed by atoms with van der Waals surface area (Å²) < 4.78 is 0. The number of amides is 1. The molecule has 1 amide bonds. The van der Waals surface area contributed by atoms with E-state index in [2.05, 4.69) is 83.8 Å². The van der Waals surface area contributed by atoms with Gasteiger partial charge in [-0.2, -0.15) is 10.4 Å². The molecule has 12 rings (SSSR count). The number of anilines is 2. The highest BCUT2D eigenvalue weighted by Gasteiger charge is 2.18. The van der Waals surface area contributed by atoms with Gasteiger partial charge in [-0.25, -0.2) is 24.7 Å². The molecule has 0 saturated carbocycles. The zero-order valence-electron chi connectivity index (χ0n) is 39.3. The van der Waals surface area contributed by atoms with Gasteiger partial charge in [-0.15, -0.1) is 20.4 Å². The fourth-order valence-corrected chi connectivity index (χ4v) is 10.3. The van der Waals surface area contributed by atoms with E-state index in [0.29, 0.717) is 34.0 Å². The Balaban J connectivity index is 0.000000140. The number of H-pyrrole nitrogens is 2. The first-order chi connectivity index (χ1) is 35.8. The number of carbonyl (C=O) groups excluding carboxylic acids is 1. The number of nitrogen functional groups attached to an aromatic ring is 1. The third kappa shape index (κ3) is 12.1. The van der Waals surface area contributed by atoms with Gasteiger partial charge in [-0.05, 0) is 108 Å². The second kappa shape index (κ2) is 22.9. The Labute approximate surface area is 426 Å². The number of nitrogens with one attached hydrogen (secondary N) is 4. The van der Waals surface area contributed by atoms with Crippen LogP contribution in [0.3, 0.4) is 0 Å². The fraction of sp³-hybridized carbons (Fsp3) is 0.216. The number of nitrogens with zero attached hydrogens (tertiary/aromatic N) is 12. The van der Waals surface area contributed by atoms with Crippen molar-refractivity contribution >= 4 is 66.6 Å². The number of tetrazole rings is 2. The average Bonchev–Trinajstić information content (AvgIpc) is 4.29. The van der Waals surface area contributed by atoms with Crippen molar-refractivity contribution in [1.29, 1.82) is 0 Å². The van der Waals surface area contributed by atoms with Crippen molar-refractivity contribution in [2.45, 2.75) is 32.4 Å². The first kappa shape index (κ1) is 48.4. The van der Waals surface area contributed by atoms with Crippen LogP contribution in [0, 0.1) is 0 Å². The van der Waals surface area contributed by atoms with Crippen LogP contribution < -0.4 is 16.4 Å². The fourth-order valence-electron chi connectivity index (χ4n) is 8.46. The summed E-state index contributed by atoms with van der Waals surface area (Å²) >= 11 is 3.12. The smallest absolute Gasteiger partial charge is 0.335 e. The van der Waals surface area contributed by atoms with Crippen LogP contribution in [0.2, 0.25) is 0 Å². The van der Waals surface area contributed by atoms with E-state index < -0.39 is 5.97 Å². The lowest BCUT2D eigenvalue weighted by Crippen LogP contribution is -2.42. The van der Waals surface area contributed by atoms with Gasteiger partial charge in [0.2, 0.25) is 11.6 Å². The molecule has 2 aliphatic rings. The molecular formula is C51H49N17O3S2. The molecule has 0 atom stereocenters. The maximum atomic E-state index is 13.1. The average molecular weight is 1010 g/mol. The molecular weight excluding hydrogens is 963 g/mol. The van der Waals surface area contributed by atoms with Crippen LogP contribution in [0.4, 0.5) is 11.4 Å². The lowest BCUT2D eigenvalue weighted by molar-refractivity contribution is 0.0696. The Morgan fingerprint density at radius 3 is 1.77 bits per heavy atom. The number of pyridine rings is 2. The zero-order chi connectivity index (χ0) is 49.9. The molecule has 0 aliphatic carbocycles. The van der Waals surface area contributed by atoms with Crippen LogP contribution in [-0.4, -0.2) is 127 Å². The lowest BCUT2D eigenvalue weighted by Gasteiger charge is -2.26. The van der Waals surface area contributed by atoms with Gasteiger partial charge in [0.15, 0.2) is 0 Å². The Morgan fingerprint density at radius 2 is 1.18 bits per heavy atom. The molecule has 2 saturated heterocycles. The number of benzene rings is 4. The SMILES string of the molecule is Nc1ccccc1-c1nc2cc(CN3CCCCC3)cnc2s1.O=C(Nc1ccccc1-c1nc2cc(CN3CCNCC3)cnc2s1)c1cccc(-c2nn[nH]n2)c1.O=C(O)c1cccc(-c2nn[nH]n2)c1. The predicted octanol–water partition coefficient (Wildman–Crippen LogP) is 7.69. The van der Waals surface area contributed by atoms with Crippen molar-refractivity contribution in [3.05, 3.63) is 144 Å². The molecule has 368 valence electrons. The van der Waals surface area contributed by atoms with E-state index in [1.165, 1.54) is 61.4 Å². The summed E-state index contributed by atoms with van der Waals surface area (Å²) in [7, 11) is 0. The van der Waals surface area contributed by atoms with Gasteiger partial charge in [-0.3, -0.25) is 14.6 Å². The zero-order valence-corrected chi connectivity index (χ0v) is 41.0. The van der Waals surface area contributed by atoms with Gasteiger partial charge < -0.3 is 21.5 Å². The lowest BCUT2D eigenvalue weighted by atomic mass is 10.1. The van der Waals surface area contributed by atoms with Gasteiger partial charge in [0, 0.05) is 85.2 Å². The number of piperazine rings is 1. The number of thiazole rings is 2. The normalized spacial score (nSPS) is 14.0. The minimum absolute atomic E-state index is 0.201. The number of carboxylic acid groups (broad SMARTS) is 1. The van der Waals surface area contributed by atoms with Crippen molar-refractivity contribution < 1.29 is 14.7 Å². The number of carboxylic acids is 1. The first-order valence-electron chi connectivity index (χ1n) is 23.6. The summed E-state index contributed by atoms with van der Waals surface area (Å²) in [5.74, 6) is -0.392. The van der Waals surface area contributed by atoms with Crippen molar-refractivity contribution in [2.75, 3.05) is 50.3 Å². The van der Waals surface area contributed by atoms with E-state index in [4.69, 9.17) is 20.8 Å². The van der Waals surface area contributed by atoms with E-state index in [0.717, 1.165) is 92.4 Å². The largest absolute Gasteiger partial charge is 0.478 e. The monoisotopic (exact) mass is 1010 g/mol. The Morgan fingerprint density at radius 1 is 0.630 bits per heavy atom. The number of para-hydroxylation sites is 2. The van der Waals surface area contributed by atoms with Gasteiger partial charge in [0.25, 0.3) is 5.91 Å². The molecule has 0 unspecified atom stereocenters. The number of rotatable bonds is 11. The molecule has 0 bridgehead atoms. The second-order valence-corrected chi connectivity index (χ2v) is 19.2. The highest BCUT2D eigenvalue weighted by atomic mass is 32.1. The Kier molecular flexibility index (Phi) is 15.1. The topological polar surface area (TPSA) is 271 Å². The van der Waals surface area contributed by atoms with E-state index in [1.54, 1.807) is 41.7 Å². The minimum atomic E-state index is -0.977. The van der Waals surface area contributed by atoms with Gasteiger partial charge in [0.05, 0.1) is 11.3 Å². The van der Waals surface area contributed by atoms with Crippen LogP contribution in [0.25, 0.3) is 64.6 Å². The van der Waals surface area contributed by atoms with Gasteiger partial charge in [0.1, 0.15) is 30.7 Å². The van der Waals surface area contributed by atoms with E-state index >= 15 is 0 Å². The summed E-state index contributed by atoms with van der Waals surface area (Å²) in [6.45, 7) is 8.33. The van der Waals surface area contributed by atoms with Crippen LogP contribution >= 0.6 is 22.7 Å². The summed E-state index contributed by atoms with van der Waals surface area (Å²) in [5, 5.41) is 44.1. The maximum Gasteiger partial charge on any atom is 0.335 e. The number of piperidine rings is 1. The highest BCUT2D eigenvalue weighted by molar-refractivity contribution is 7.21. The molecule has 2 aliphatic heterocycles. The number of nitrogens with two attached hydrogens (primary N) is 1. The number of hydrogen-bond acceptors (Lipinski definition) is 18. The molecule has 73 heavy (non-hydrogen) atoms. The molecule has 4 aromatic carbocycles. The number of aromatic amines is 2. The number of aromatic carboxylic acids is 1. The van der Waals surface area contributed by atoms with Gasteiger partial charge in [-0.1, -0.05) is 77.6 Å². The quantitative estimate of drug-likeness (QED) is 0.0678. The summed E-state index contributed by atoms with van der Waals surface area (Å²) in [5.41, 5.74) is 15.6. The number of fused-ring (bicyclic) bond motifs is 2. The molecule has 22 heteroatoms. The standard InChI is InChI=1S/C25H23N9OS.C18H20N4S.C8H6N4O2/c35-23(18-5-3-4-17(13-18)22-30-32-33-31-22)28-20-7-2-1-6-19(20)24-29-21-12-16(14-27-25(21)36-24)15-34-10-8-26-9-11-34;19-15-7-3-2-6-14(15)17-21-16-10-13(11-20-18(16)23-17)12-22-8-4-1-5-9-22;13-8(14)6-3-1-2-5(4-6)7-9-11-12-10-7/h1-7,12-14,26H,8-11,15H2,(H,28,35)(H,30,31,32,33);2-3,6-7,10-11H,1,4-5,8-9,12,19H2;1-4H,(H,13,14)(H,9,10,11,12). The Hall–Kier alpha value is -8.28. The minimum Gasteiger partial charge on any atom is -0.478 e. The van der Waals surface area contributed by atoms with Crippen molar-refractivity contribution in [3.63, 3.8) is 0 Å². The summed E-state index contributed by atoms with van der Waals surface area (Å²) in [6.07, 6.45) is 7.92. The van der Waals surface area contributed by atoms with Crippen molar-refractivity contribution in [1.82, 2.24) is 76.3 Å². The molecule has 0 radical (unpaired) electrons.